The van der Waals surface area contributed by atoms with Crippen LogP contribution >= 0.6 is 15.9 Å². The van der Waals surface area contributed by atoms with E-state index in [0.29, 0.717) is 11.0 Å². The number of carbonyl (C=O) groups is 1. The van der Waals surface area contributed by atoms with E-state index in [4.69, 9.17) is 0 Å². The summed E-state index contributed by atoms with van der Waals surface area (Å²) in [4.78, 5) is 23.0. The maximum atomic E-state index is 11.6. The van der Waals surface area contributed by atoms with Crippen LogP contribution in [0.15, 0.2) is 27.6 Å². The van der Waals surface area contributed by atoms with E-state index in [2.05, 4.69) is 28.2 Å². The molecule has 5 heteroatoms. The molecule has 1 heterocycles. The number of halogens is 1. The van der Waals surface area contributed by atoms with Crippen LogP contribution in [-0.4, -0.2) is 17.0 Å². The van der Waals surface area contributed by atoms with Crippen LogP contribution < -0.4 is 10.9 Å². The van der Waals surface area contributed by atoms with Crippen molar-refractivity contribution in [3.8, 4) is 0 Å². The van der Waals surface area contributed by atoms with Gasteiger partial charge >= 0.3 is 0 Å². The predicted molar refractivity (Wildman–Crippen MR) is 66.3 cm³/mol. The van der Waals surface area contributed by atoms with Crippen LogP contribution in [0.2, 0.25) is 0 Å². The van der Waals surface area contributed by atoms with E-state index in [1.807, 2.05) is 0 Å². The van der Waals surface area contributed by atoms with Gasteiger partial charge in [-0.15, -0.1) is 0 Å². The van der Waals surface area contributed by atoms with Gasteiger partial charge in [0, 0.05) is 12.7 Å². The number of pyridine rings is 1. The van der Waals surface area contributed by atoms with Crippen molar-refractivity contribution in [1.29, 1.82) is 0 Å². The lowest BCUT2D eigenvalue weighted by molar-refractivity contribution is -0.121. The molecule has 0 aliphatic carbocycles. The molecule has 1 amide bonds. The number of hydrogen-bond donors (Lipinski definition) is 1. The molecule has 0 radical (unpaired) electrons. The van der Waals surface area contributed by atoms with Crippen molar-refractivity contribution in [2.24, 2.45) is 0 Å². The normalized spacial score (nSPS) is 10.1. The van der Waals surface area contributed by atoms with Gasteiger partial charge in [0.15, 0.2) is 0 Å². The fourth-order valence-corrected chi connectivity index (χ4v) is 1.63. The molecule has 0 unspecified atom stereocenters. The first-order chi connectivity index (χ1) is 7.65. The topological polar surface area (TPSA) is 51.1 Å². The Morgan fingerprint density at radius 1 is 1.56 bits per heavy atom. The third-order valence-corrected chi connectivity index (χ3v) is 2.74. The van der Waals surface area contributed by atoms with Gasteiger partial charge in [-0.3, -0.25) is 9.59 Å². The molecule has 0 fully saturated rings. The minimum atomic E-state index is -0.187. The Morgan fingerprint density at radius 2 is 2.31 bits per heavy atom. The molecule has 1 rings (SSSR count). The van der Waals surface area contributed by atoms with Gasteiger partial charge < -0.3 is 9.88 Å². The van der Waals surface area contributed by atoms with Crippen molar-refractivity contribution >= 4 is 21.8 Å². The van der Waals surface area contributed by atoms with E-state index in [0.717, 1.165) is 12.8 Å². The van der Waals surface area contributed by atoms with Crippen molar-refractivity contribution < 1.29 is 4.79 Å². The smallest absolute Gasteiger partial charge is 0.265 e. The summed E-state index contributed by atoms with van der Waals surface area (Å²) >= 11 is 3.13. The summed E-state index contributed by atoms with van der Waals surface area (Å²) in [5.74, 6) is -0.131. The van der Waals surface area contributed by atoms with Gasteiger partial charge in [0.25, 0.3) is 5.56 Å². The fraction of sp³-hybridized carbons (Fsp3) is 0.455. The number of carbonyl (C=O) groups excluding carboxylic acids is 1. The number of nitrogens with zero attached hydrogens (tertiary/aromatic N) is 1. The Balaban J connectivity index is 2.56. The second-order valence-electron chi connectivity index (χ2n) is 3.49. The minimum Gasteiger partial charge on any atom is -0.355 e. The second-order valence-corrected chi connectivity index (χ2v) is 4.35. The molecule has 1 N–H and O–H groups in total. The van der Waals surface area contributed by atoms with Gasteiger partial charge in [0.1, 0.15) is 6.54 Å². The highest BCUT2D eigenvalue weighted by Gasteiger charge is 2.04. The SMILES string of the molecule is CCCCNC(=O)Cn1cccc(Br)c1=O. The van der Waals surface area contributed by atoms with E-state index in [1.54, 1.807) is 18.3 Å². The summed E-state index contributed by atoms with van der Waals surface area (Å²) in [7, 11) is 0. The second kappa shape index (κ2) is 6.48. The summed E-state index contributed by atoms with van der Waals surface area (Å²) in [6.45, 7) is 2.80. The maximum Gasteiger partial charge on any atom is 0.265 e. The largest absolute Gasteiger partial charge is 0.355 e. The van der Waals surface area contributed by atoms with Gasteiger partial charge in [0.05, 0.1) is 4.47 Å². The molecule has 0 spiro atoms. The van der Waals surface area contributed by atoms with E-state index in [1.165, 1.54) is 4.57 Å². The third-order valence-electron chi connectivity index (χ3n) is 2.14. The molecule has 0 bridgehead atoms. The first-order valence-corrected chi connectivity index (χ1v) is 6.06. The van der Waals surface area contributed by atoms with Crippen molar-refractivity contribution in [3.05, 3.63) is 33.2 Å². The molecular formula is C11H15BrN2O2. The predicted octanol–water partition coefficient (Wildman–Crippen LogP) is 1.53. The lowest BCUT2D eigenvalue weighted by atomic mass is 10.3. The lowest BCUT2D eigenvalue weighted by Gasteiger charge is -2.06. The molecule has 1 aromatic heterocycles. The quantitative estimate of drug-likeness (QED) is 0.835. The number of unbranched alkanes of at least 4 members (excludes halogenated alkanes) is 1. The van der Waals surface area contributed by atoms with Crippen molar-refractivity contribution in [1.82, 2.24) is 9.88 Å². The maximum absolute atomic E-state index is 11.6. The zero-order chi connectivity index (χ0) is 12.0. The van der Waals surface area contributed by atoms with Gasteiger partial charge in [-0.05, 0) is 34.5 Å². The number of nitrogens with one attached hydrogen (secondary N) is 1. The first kappa shape index (κ1) is 13.0. The molecule has 0 saturated heterocycles. The molecule has 0 atom stereocenters. The Labute approximate surface area is 103 Å². The number of rotatable bonds is 5. The molecule has 0 saturated carbocycles. The highest BCUT2D eigenvalue weighted by Crippen LogP contribution is 2.00. The standard InChI is InChI=1S/C11H15BrN2O2/c1-2-3-6-13-10(15)8-14-7-4-5-9(12)11(14)16/h4-5,7H,2-3,6,8H2,1H3,(H,13,15). The molecule has 4 nitrogen and oxygen atoms in total. The minimum absolute atomic E-state index is 0.0714. The van der Waals surface area contributed by atoms with Gasteiger partial charge in [-0.1, -0.05) is 13.3 Å². The number of hydrogen-bond acceptors (Lipinski definition) is 2. The summed E-state index contributed by atoms with van der Waals surface area (Å²) in [5, 5.41) is 2.76. The van der Waals surface area contributed by atoms with Crippen LogP contribution in [0, 0.1) is 0 Å². The zero-order valence-corrected chi connectivity index (χ0v) is 10.8. The molecule has 0 aliphatic heterocycles. The molecule has 16 heavy (non-hydrogen) atoms. The van der Waals surface area contributed by atoms with Gasteiger partial charge in [-0.2, -0.15) is 0 Å². The van der Waals surface area contributed by atoms with Crippen LogP contribution in [0.1, 0.15) is 19.8 Å². The van der Waals surface area contributed by atoms with Crippen LogP contribution in [0.5, 0.6) is 0 Å². The Bertz CT molecular complexity index is 415. The molecule has 88 valence electrons. The Kier molecular flexibility index (Phi) is 5.25. The average Bonchev–Trinajstić information content (AvgIpc) is 2.25. The lowest BCUT2D eigenvalue weighted by Crippen LogP contribution is -2.32. The van der Waals surface area contributed by atoms with Crippen molar-refractivity contribution in [2.45, 2.75) is 26.3 Å². The Morgan fingerprint density at radius 3 is 3.00 bits per heavy atom. The van der Waals surface area contributed by atoms with E-state index >= 15 is 0 Å². The van der Waals surface area contributed by atoms with Crippen LogP contribution in [0.4, 0.5) is 0 Å². The van der Waals surface area contributed by atoms with E-state index in [9.17, 15) is 9.59 Å². The zero-order valence-electron chi connectivity index (χ0n) is 9.20. The van der Waals surface area contributed by atoms with Gasteiger partial charge in [-0.25, -0.2) is 0 Å². The summed E-state index contributed by atoms with van der Waals surface area (Å²) in [6.07, 6.45) is 3.60. The highest BCUT2D eigenvalue weighted by molar-refractivity contribution is 9.10. The Hall–Kier alpha value is -1.10. The highest BCUT2D eigenvalue weighted by atomic mass is 79.9. The van der Waals surface area contributed by atoms with Crippen LogP contribution in [-0.2, 0) is 11.3 Å². The van der Waals surface area contributed by atoms with Gasteiger partial charge in [0.2, 0.25) is 5.91 Å². The molecule has 0 aromatic carbocycles. The summed E-state index contributed by atoms with van der Waals surface area (Å²) in [6, 6.07) is 3.39. The van der Waals surface area contributed by atoms with Crippen LogP contribution in [0.3, 0.4) is 0 Å². The molecule has 1 aromatic rings. The monoisotopic (exact) mass is 286 g/mol. The van der Waals surface area contributed by atoms with Crippen molar-refractivity contribution in [3.63, 3.8) is 0 Å². The number of amides is 1. The summed E-state index contributed by atoms with van der Waals surface area (Å²) < 4.78 is 1.85. The average molecular weight is 287 g/mol. The summed E-state index contributed by atoms with van der Waals surface area (Å²) in [5.41, 5.74) is -0.187. The molecular weight excluding hydrogens is 272 g/mol. The third kappa shape index (κ3) is 3.81. The first-order valence-electron chi connectivity index (χ1n) is 5.26. The fourth-order valence-electron chi connectivity index (χ4n) is 1.25. The number of aromatic nitrogens is 1. The van der Waals surface area contributed by atoms with E-state index in [-0.39, 0.29) is 18.0 Å². The van der Waals surface area contributed by atoms with Crippen molar-refractivity contribution in [2.75, 3.05) is 6.54 Å². The van der Waals surface area contributed by atoms with E-state index < -0.39 is 0 Å². The van der Waals surface area contributed by atoms with Crippen LogP contribution in [0.25, 0.3) is 0 Å². The molecule has 0 aliphatic rings.